The molecule has 2 rings (SSSR count). The molecule has 0 unspecified atom stereocenters. The number of para-hydroxylation sites is 1. The summed E-state index contributed by atoms with van der Waals surface area (Å²) < 4.78 is 1.79. The van der Waals surface area contributed by atoms with Crippen molar-refractivity contribution in [2.75, 3.05) is 0 Å². The Labute approximate surface area is 100 Å². The van der Waals surface area contributed by atoms with Crippen molar-refractivity contribution in [1.82, 2.24) is 4.57 Å². The predicted octanol–water partition coefficient (Wildman–Crippen LogP) is 2.98. The van der Waals surface area contributed by atoms with E-state index in [0.717, 1.165) is 10.9 Å². The second kappa shape index (κ2) is 4.07. The van der Waals surface area contributed by atoms with Crippen LogP contribution in [-0.2, 0) is 6.17 Å². The van der Waals surface area contributed by atoms with E-state index in [2.05, 4.69) is 0 Å². The topological polar surface area (TPSA) is 22.0 Å². The van der Waals surface area contributed by atoms with Gasteiger partial charge in [0.1, 0.15) is 0 Å². The molecule has 0 aliphatic carbocycles. The largest absolute Gasteiger partial charge is 0.310 e. The van der Waals surface area contributed by atoms with Crippen LogP contribution < -0.4 is 5.56 Å². The average molecular weight is 252 g/mol. The zero-order valence-corrected chi connectivity index (χ0v) is 11.2. The molecule has 0 bridgehead atoms. The molecule has 0 radical (unpaired) electrons. The molecule has 84 valence electrons. The summed E-state index contributed by atoms with van der Waals surface area (Å²) in [6, 6.07) is 11.4. The van der Waals surface area contributed by atoms with Gasteiger partial charge in [0.2, 0.25) is 0 Å². The third kappa shape index (κ3) is 2.36. The molecular formula is C12H14ClNOSi. The van der Waals surface area contributed by atoms with Crippen molar-refractivity contribution in [3.05, 3.63) is 46.8 Å². The summed E-state index contributed by atoms with van der Waals surface area (Å²) in [4.78, 5) is 11.8. The molecule has 0 saturated heterocycles. The lowest BCUT2D eigenvalue weighted by Gasteiger charge is -2.16. The van der Waals surface area contributed by atoms with Gasteiger partial charge in [-0.3, -0.25) is 4.79 Å². The zero-order valence-electron chi connectivity index (χ0n) is 9.40. The molecule has 0 spiro atoms. The van der Waals surface area contributed by atoms with Crippen LogP contribution >= 0.6 is 11.1 Å². The van der Waals surface area contributed by atoms with E-state index in [1.165, 1.54) is 0 Å². The van der Waals surface area contributed by atoms with Crippen molar-refractivity contribution >= 4 is 29.4 Å². The summed E-state index contributed by atoms with van der Waals surface area (Å²) in [6.45, 7) is 4.09. The Kier molecular flexibility index (Phi) is 2.91. The van der Waals surface area contributed by atoms with Gasteiger partial charge in [-0.2, -0.15) is 11.1 Å². The lowest BCUT2D eigenvalue weighted by atomic mass is 10.2. The average Bonchev–Trinajstić information content (AvgIpc) is 2.21. The third-order valence-corrected chi connectivity index (χ3v) is 3.86. The number of nitrogens with zero attached hydrogens (tertiary/aromatic N) is 1. The van der Waals surface area contributed by atoms with Crippen LogP contribution in [0.3, 0.4) is 0 Å². The predicted molar refractivity (Wildman–Crippen MR) is 71.5 cm³/mol. The number of fused-ring (bicyclic) bond motifs is 1. The molecule has 16 heavy (non-hydrogen) atoms. The minimum Gasteiger partial charge on any atom is -0.310 e. The van der Waals surface area contributed by atoms with Gasteiger partial charge in [-0.25, -0.2) is 0 Å². The van der Waals surface area contributed by atoms with Crippen LogP contribution in [0.15, 0.2) is 41.2 Å². The molecule has 2 aromatic rings. The van der Waals surface area contributed by atoms with Gasteiger partial charge in [0.05, 0.1) is 5.52 Å². The lowest BCUT2D eigenvalue weighted by Crippen LogP contribution is -2.32. The Balaban J connectivity index is 2.66. The number of aromatic nitrogens is 1. The minimum absolute atomic E-state index is 0.0277. The van der Waals surface area contributed by atoms with Gasteiger partial charge in [0.15, 0.2) is 7.38 Å². The number of benzene rings is 1. The number of rotatable bonds is 2. The third-order valence-electron chi connectivity index (χ3n) is 2.43. The van der Waals surface area contributed by atoms with E-state index in [1.807, 2.05) is 43.4 Å². The molecule has 0 amide bonds. The van der Waals surface area contributed by atoms with E-state index in [1.54, 1.807) is 10.6 Å². The van der Waals surface area contributed by atoms with Crippen molar-refractivity contribution in [2.45, 2.75) is 19.3 Å². The molecule has 0 N–H and O–H groups in total. The first-order valence-corrected chi connectivity index (χ1v) is 9.47. The SMILES string of the molecule is C[Si](C)(Cl)Cn1c(=O)ccc2ccccc21. The van der Waals surface area contributed by atoms with Gasteiger partial charge in [-0.1, -0.05) is 31.3 Å². The van der Waals surface area contributed by atoms with Crippen LogP contribution in [0.25, 0.3) is 10.9 Å². The maximum atomic E-state index is 11.8. The Morgan fingerprint density at radius 1 is 1.19 bits per heavy atom. The standard InChI is InChI=1S/C12H14ClNOSi/c1-16(2,13)9-14-11-6-4-3-5-10(11)7-8-12(14)15/h3-8H,9H2,1-2H3. The Morgan fingerprint density at radius 3 is 2.56 bits per heavy atom. The Morgan fingerprint density at radius 2 is 1.88 bits per heavy atom. The molecule has 1 heterocycles. The highest BCUT2D eigenvalue weighted by atomic mass is 35.6. The molecule has 0 aliphatic heterocycles. The van der Waals surface area contributed by atoms with Gasteiger partial charge in [-0.15, -0.1) is 0 Å². The van der Waals surface area contributed by atoms with E-state index in [0.29, 0.717) is 6.17 Å². The molecule has 1 aromatic carbocycles. The second-order valence-electron chi connectivity index (χ2n) is 4.54. The molecule has 0 aliphatic rings. The molecule has 4 heteroatoms. The highest BCUT2D eigenvalue weighted by Crippen LogP contribution is 2.15. The second-order valence-corrected chi connectivity index (χ2v) is 11.4. The van der Waals surface area contributed by atoms with Crippen molar-refractivity contribution in [3.8, 4) is 0 Å². The molecule has 0 atom stereocenters. The normalized spacial score (nSPS) is 11.9. The number of pyridine rings is 1. The monoisotopic (exact) mass is 251 g/mol. The lowest BCUT2D eigenvalue weighted by molar-refractivity contribution is 0.854. The van der Waals surface area contributed by atoms with E-state index in [4.69, 9.17) is 11.1 Å². The van der Waals surface area contributed by atoms with E-state index < -0.39 is 7.38 Å². The van der Waals surface area contributed by atoms with Gasteiger partial charge < -0.3 is 4.57 Å². The van der Waals surface area contributed by atoms with Crippen LogP contribution in [-0.4, -0.2) is 12.0 Å². The minimum atomic E-state index is -1.81. The van der Waals surface area contributed by atoms with Gasteiger partial charge in [-0.05, 0) is 17.5 Å². The van der Waals surface area contributed by atoms with Gasteiger partial charge in [0, 0.05) is 12.2 Å². The van der Waals surface area contributed by atoms with Crippen LogP contribution in [0, 0.1) is 0 Å². The van der Waals surface area contributed by atoms with Crippen molar-refractivity contribution in [1.29, 1.82) is 0 Å². The van der Waals surface area contributed by atoms with Crippen molar-refractivity contribution < 1.29 is 0 Å². The molecular weight excluding hydrogens is 238 g/mol. The Bertz CT molecular complexity index is 571. The summed E-state index contributed by atoms with van der Waals surface area (Å²) in [5, 5.41) is 1.08. The first-order chi connectivity index (χ1) is 7.47. The van der Waals surface area contributed by atoms with Crippen LogP contribution in [0.4, 0.5) is 0 Å². The fourth-order valence-electron chi connectivity index (χ4n) is 1.78. The van der Waals surface area contributed by atoms with E-state index in [9.17, 15) is 4.79 Å². The quantitative estimate of drug-likeness (QED) is 0.594. The van der Waals surface area contributed by atoms with E-state index >= 15 is 0 Å². The number of halogens is 1. The van der Waals surface area contributed by atoms with Gasteiger partial charge in [0.25, 0.3) is 5.56 Å². The smallest absolute Gasteiger partial charge is 0.250 e. The Hall–Kier alpha value is -1.06. The summed E-state index contributed by atoms with van der Waals surface area (Å²) in [5.41, 5.74) is 0.996. The molecule has 1 aromatic heterocycles. The fraction of sp³-hybridized carbons (Fsp3) is 0.250. The number of hydrogen-bond donors (Lipinski definition) is 0. The fourth-order valence-corrected chi connectivity index (χ4v) is 3.22. The van der Waals surface area contributed by atoms with Crippen molar-refractivity contribution in [3.63, 3.8) is 0 Å². The summed E-state index contributed by atoms with van der Waals surface area (Å²) >= 11 is 6.32. The zero-order chi connectivity index (χ0) is 11.8. The van der Waals surface area contributed by atoms with Crippen molar-refractivity contribution in [2.24, 2.45) is 0 Å². The van der Waals surface area contributed by atoms with Crippen LogP contribution in [0.5, 0.6) is 0 Å². The summed E-state index contributed by atoms with van der Waals surface area (Å²) in [6.07, 6.45) is 0.648. The maximum absolute atomic E-state index is 11.8. The highest BCUT2D eigenvalue weighted by Gasteiger charge is 2.19. The van der Waals surface area contributed by atoms with E-state index in [-0.39, 0.29) is 5.56 Å². The number of hydrogen-bond acceptors (Lipinski definition) is 1. The summed E-state index contributed by atoms with van der Waals surface area (Å²) in [7, 11) is -1.81. The highest BCUT2D eigenvalue weighted by molar-refractivity contribution is 7.18. The molecule has 0 saturated carbocycles. The van der Waals surface area contributed by atoms with Crippen LogP contribution in [0.2, 0.25) is 13.1 Å². The molecule has 2 nitrogen and oxygen atoms in total. The maximum Gasteiger partial charge on any atom is 0.250 e. The first-order valence-electron chi connectivity index (χ1n) is 5.25. The summed E-state index contributed by atoms with van der Waals surface area (Å²) in [5.74, 6) is 0. The van der Waals surface area contributed by atoms with Crippen LogP contribution in [0.1, 0.15) is 0 Å². The van der Waals surface area contributed by atoms with Gasteiger partial charge >= 0.3 is 0 Å². The molecule has 0 fully saturated rings. The first kappa shape index (κ1) is 11.4.